The zero-order valence-corrected chi connectivity index (χ0v) is 21.2. The summed E-state index contributed by atoms with van der Waals surface area (Å²) >= 11 is 1.67. The molecule has 1 atom stereocenters. The second kappa shape index (κ2) is 11.7. The molecule has 1 aliphatic rings. The predicted molar refractivity (Wildman–Crippen MR) is 132 cm³/mol. The first-order valence-corrected chi connectivity index (χ1v) is 12.5. The molecule has 9 heteroatoms. The topological polar surface area (TPSA) is 74.5 Å². The van der Waals surface area contributed by atoms with Crippen LogP contribution in [0.3, 0.4) is 0 Å². The number of nitrogens with zero attached hydrogens (tertiary/aromatic N) is 5. The Bertz CT molecular complexity index is 1070. The van der Waals surface area contributed by atoms with E-state index in [4.69, 9.17) is 14.2 Å². The van der Waals surface area contributed by atoms with Crippen LogP contribution in [0.1, 0.15) is 35.5 Å². The van der Waals surface area contributed by atoms with E-state index in [1.54, 1.807) is 26.0 Å². The van der Waals surface area contributed by atoms with Gasteiger partial charge in [0.25, 0.3) is 0 Å². The molecule has 0 spiro atoms. The minimum Gasteiger partial charge on any atom is -0.496 e. The number of thioether (sulfide) groups is 1. The van der Waals surface area contributed by atoms with Gasteiger partial charge < -0.3 is 18.8 Å². The van der Waals surface area contributed by atoms with Crippen molar-refractivity contribution in [3.63, 3.8) is 0 Å². The van der Waals surface area contributed by atoms with E-state index < -0.39 is 0 Å². The standard InChI is InChI=1S/C25H33N5O3S/c1-18-22(31-3)11-10-19(24(18)32-4)14-29(2)16-23-27-28-25(30(23)15-21-9-7-13-33-21)34-17-20-8-5-6-12-26-20/h5-6,8,10-12,21H,7,9,13-17H2,1-4H3/t21-/m0/s1. The molecule has 1 aromatic carbocycles. The lowest BCUT2D eigenvalue weighted by molar-refractivity contribution is 0.0934. The van der Waals surface area contributed by atoms with Gasteiger partial charge >= 0.3 is 0 Å². The number of methoxy groups -OCH3 is 2. The molecule has 3 heterocycles. The molecule has 0 radical (unpaired) electrons. The van der Waals surface area contributed by atoms with Crippen molar-refractivity contribution in [2.75, 3.05) is 27.9 Å². The Morgan fingerprint density at radius 1 is 1.15 bits per heavy atom. The summed E-state index contributed by atoms with van der Waals surface area (Å²) in [5.41, 5.74) is 3.14. The van der Waals surface area contributed by atoms with Gasteiger partial charge in [-0.2, -0.15) is 0 Å². The van der Waals surface area contributed by atoms with Gasteiger partial charge in [-0.3, -0.25) is 9.88 Å². The molecular formula is C25H33N5O3S. The van der Waals surface area contributed by atoms with Gasteiger partial charge in [-0.15, -0.1) is 10.2 Å². The van der Waals surface area contributed by atoms with Crippen molar-refractivity contribution in [2.45, 2.75) is 56.4 Å². The van der Waals surface area contributed by atoms with E-state index in [0.717, 1.165) is 77.6 Å². The van der Waals surface area contributed by atoms with Gasteiger partial charge in [-0.1, -0.05) is 23.9 Å². The number of ether oxygens (including phenoxy) is 3. The summed E-state index contributed by atoms with van der Waals surface area (Å²) in [6.07, 6.45) is 4.20. The average molecular weight is 484 g/mol. The maximum Gasteiger partial charge on any atom is 0.191 e. The fourth-order valence-corrected chi connectivity index (χ4v) is 5.17. The Labute approximate surface area is 205 Å². The molecule has 34 heavy (non-hydrogen) atoms. The van der Waals surface area contributed by atoms with E-state index in [1.165, 1.54) is 0 Å². The monoisotopic (exact) mass is 483 g/mol. The Kier molecular flexibility index (Phi) is 8.42. The Hall–Kier alpha value is -2.62. The first-order chi connectivity index (χ1) is 16.6. The van der Waals surface area contributed by atoms with E-state index in [2.05, 4.69) is 37.8 Å². The summed E-state index contributed by atoms with van der Waals surface area (Å²) < 4.78 is 19.3. The van der Waals surface area contributed by atoms with Crippen LogP contribution in [-0.4, -0.2) is 58.6 Å². The van der Waals surface area contributed by atoms with Crippen molar-refractivity contribution in [2.24, 2.45) is 0 Å². The predicted octanol–water partition coefficient (Wildman–Crippen LogP) is 4.10. The van der Waals surface area contributed by atoms with E-state index >= 15 is 0 Å². The smallest absolute Gasteiger partial charge is 0.191 e. The van der Waals surface area contributed by atoms with Crippen LogP contribution >= 0.6 is 11.8 Å². The maximum absolute atomic E-state index is 5.92. The summed E-state index contributed by atoms with van der Waals surface area (Å²) in [6.45, 7) is 5.00. The zero-order chi connectivity index (χ0) is 23.9. The molecule has 3 aromatic rings. The fourth-order valence-electron chi connectivity index (χ4n) is 4.29. The van der Waals surface area contributed by atoms with Crippen LogP contribution in [0.15, 0.2) is 41.7 Å². The molecule has 1 saturated heterocycles. The molecular weight excluding hydrogens is 450 g/mol. The van der Waals surface area contributed by atoms with E-state index in [1.807, 2.05) is 37.4 Å². The van der Waals surface area contributed by atoms with Crippen LogP contribution in [-0.2, 0) is 30.1 Å². The summed E-state index contributed by atoms with van der Waals surface area (Å²) in [4.78, 5) is 6.66. The highest BCUT2D eigenvalue weighted by Gasteiger charge is 2.22. The first kappa shape index (κ1) is 24.5. The quantitative estimate of drug-likeness (QED) is 0.378. The Morgan fingerprint density at radius 3 is 2.74 bits per heavy atom. The van der Waals surface area contributed by atoms with Crippen molar-refractivity contribution < 1.29 is 14.2 Å². The van der Waals surface area contributed by atoms with Crippen molar-refractivity contribution in [3.05, 3.63) is 59.2 Å². The normalized spacial score (nSPS) is 15.7. The molecule has 1 fully saturated rings. The van der Waals surface area contributed by atoms with Crippen molar-refractivity contribution in [1.82, 2.24) is 24.6 Å². The Balaban J connectivity index is 1.50. The second-order valence-corrected chi connectivity index (χ2v) is 9.45. The Morgan fingerprint density at radius 2 is 2.03 bits per heavy atom. The maximum atomic E-state index is 5.92. The van der Waals surface area contributed by atoms with Crippen LogP contribution in [0, 0.1) is 6.92 Å². The molecule has 0 bridgehead atoms. The summed E-state index contributed by atoms with van der Waals surface area (Å²) in [5, 5.41) is 10.00. The van der Waals surface area contributed by atoms with Gasteiger partial charge in [0.05, 0.1) is 39.1 Å². The van der Waals surface area contributed by atoms with Crippen LogP contribution < -0.4 is 9.47 Å². The third-order valence-electron chi connectivity index (χ3n) is 5.99. The molecule has 4 rings (SSSR count). The lowest BCUT2D eigenvalue weighted by Gasteiger charge is -2.21. The number of pyridine rings is 1. The van der Waals surface area contributed by atoms with Gasteiger partial charge in [0.15, 0.2) is 5.16 Å². The molecule has 0 unspecified atom stereocenters. The van der Waals surface area contributed by atoms with Crippen molar-refractivity contribution in [1.29, 1.82) is 0 Å². The number of rotatable bonds is 11. The average Bonchev–Trinajstić information content (AvgIpc) is 3.49. The minimum absolute atomic E-state index is 0.207. The number of aromatic nitrogens is 4. The van der Waals surface area contributed by atoms with E-state index in [0.29, 0.717) is 6.54 Å². The zero-order valence-electron chi connectivity index (χ0n) is 20.4. The molecule has 0 amide bonds. The van der Waals surface area contributed by atoms with Gasteiger partial charge in [0.1, 0.15) is 17.3 Å². The summed E-state index contributed by atoms with van der Waals surface area (Å²) in [7, 11) is 5.47. The molecule has 2 aromatic heterocycles. The minimum atomic E-state index is 0.207. The fraction of sp³-hybridized carbons (Fsp3) is 0.480. The third-order valence-corrected chi connectivity index (χ3v) is 6.99. The molecule has 8 nitrogen and oxygen atoms in total. The molecule has 182 valence electrons. The SMILES string of the molecule is COc1ccc(CN(C)Cc2nnc(SCc3ccccn3)n2C[C@@H]2CCCO2)c(OC)c1C. The number of hydrogen-bond acceptors (Lipinski definition) is 8. The van der Waals surface area contributed by atoms with Gasteiger partial charge in [-0.05, 0) is 45.0 Å². The van der Waals surface area contributed by atoms with E-state index in [-0.39, 0.29) is 6.10 Å². The van der Waals surface area contributed by atoms with E-state index in [9.17, 15) is 0 Å². The van der Waals surface area contributed by atoms with Gasteiger partial charge in [0.2, 0.25) is 0 Å². The first-order valence-electron chi connectivity index (χ1n) is 11.5. The number of benzene rings is 1. The largest absolute Gasteiger partial charge is 0.496 e. The van der Waals surface area contributed by atoms with Crippen LogP contribution in [0.2, 0.25) is 0 Å². The second-order valence-electron chi connectivity index (χ2n) is 8.51. The van der Waals surface area contributed by atoms with Crippen LogP contribution in [0.5, 0.6) is 11.5 Å². The molecule has 1 aliphatic heterocycles. The highest BCUT2D eigenvalue weighted by molar-refractivity contribution is 7.98. The molecule has 0 N–H and O–H groups in total. The van der Waals surface area contributed by atoms with Crippen molar-refractivity contribution in [3.8, 4) is 11.5 Å². The summed E-state index contributed by atoms with van der Waals surface area (Å²) in [5.74, 6) is 3.38. The highest BCUT2D eigenvalue weighted by Crippen LogP contribution is 2.32. The van der Waals surface area contributed by atoms with Gasteiger partial charge in [-0.25, -0.2) is 0 Å². The van der Waals surface area contributed by atoms with Crippen molar-refractivity contribution >= 4 is 11.8 Å². The number of hydrogen-bond donors (Lipinski definition) is 0. The highest BCUT2D eigenvalue weighted by atomic mass is 32.2. The van der Waals surface area contributed by atoms with Crippen LogP contribution in [0.25, 0.3) is 0 Å². The van der Waals surface area contributed by atoms with Gasteiger partial charge in [0, 0.05) is 36.2 Å². The lowest BCUT2D eigenvalue weighted by Crippen LogP contribution is -2.23. The molecule has 0 saturated carbocycles. The summed E-state index contributed by atoms with van der Waals surface area (Å²) in [6, 6.07) is 10.0. The molecule has 0 aliphatic carbocycles. The third kappa shape index (κ3) is 5.89. The van der Waals surface area contributed by atoms with Crippen LogP contribution in [0.4, 0.5) is 0 Å². The lowest BCUT2D eigenvalue weighted by atomic mass is 10.1.